The van der Waals surface area contributed by atoms with Crippen LogP contribution in [0.3, 0.4) is 0 Å². The summed E-state index contributed by atoms with van der Waals surface area (Å²) in [7, 11) is 0. The average molecular weight is 389 g/mol. The van der Waals surface area contributed by atoms with Crippen LogP contribution in [-0.4, -0.2) is 22.5 Å². The second kappa shape index (κ2) is 6.31. The molecule has 4 saturated carbocycles. The number of carbonyl (C=O) groups excluding carboxylic acids is 2. The number of amides is 2. The van der Waals surface area contributed by atoms with Crippen LogP contribution in [-0.2, 0) is 17.6 Å². The van der Waals surface area contributed by atoms with Gasteiger partial charge in [-0.3, -0.25) is 20.4 Å². The van der Waals surface area contributed by atoms with Crippen LogP contribution in [0.4, 0.5) is 0 Å². The fraction of sp³-hybridized carbons (Fsp3) is 0.714. The van der Waals surface area contributed by atoms with Crippen molar-refractivity contribution in [2.45, 2.75) is 76.2 Å². The summed E-state index contributed by atoms with van der Waals surface area (Å²) >= 11 is 1.55. The van der Waals surface area contributed by atoms with E-state index in [0.29, 0.717) is 23.1 Å². The van der Waals surface area contributed by atoms with Gasteiger partial charge < -0.3 is 5.11 Å². The van der Waals surface area contributed by atoms with Gasteiger partial charge in [0.1, 0.15) is 0 Å². The largest absolute Gasteiger partial charge is 0.390 e. The second-order valence-corrected chi connectivity index (χ2v) is 10.8. The molecule has 2 unspecified atom stereocenters. The Bertz CT molecular complexity index is 749. The van der Waals surface area contributed by atoms with Gasteiger partial charge in [-0.05, 0) is 93.1 Å². The highest BCUT2D eigenvalue weighted by atomic mass is 32.1. The van der Waals surface area contributed by atoms with E-state index < -0.39 is 5.60 Å². The Labute approximate surface area is 163 Å². The third-order valence-electron chi connectivity index (χ3n) is 7.22. The van der Waals surface area contributed by atoms with Crippen LogP contribution in [0.15, 0.2) is 6.07 Å². The van der Waals surface area contributed by atoms with Crippen LogP contribution < -0.4 is 10.9 Å². The van der Waals surface area contributed by atoms with Gasteiger partial charge >= 0.3 is 0 Å². The standard InChI is InChI=1S/C21H28N2O3S/c24-18(11-20-7-13-5-14(8-20)10-21(26,9-13)12-20)22-23-19(25)17-6-15-3-1-2-4-16(15)27-17/h6,13-14,26H,1-5,7-12H2,(H,22,24)(H,23,25). The van der Waals surface area contributed by atoms with Crippen molar-refractivity contribution in [1.29, 1.82) is 0 Å². The van der Waals surface area contributed by atoms with E-state index in [2.05, 4.69) is 10.9 Å². The van der Waals surface area contributed by atoms with E-state index in [4.69, 9.17) is 0 Å². The summed E-state index contributed by atoms with van der Waals surface area (Å²) < 4.78 is 0. The molecule has 5 nitrogen and oxygen atoms in total. The maximum atomic E-state index is 12.6. The molecule has 0 spiro atoms. The molecule has 2 atom stereocenters. The predicted octanol–water partition coefficient (Wildman–Crippen LogP) is 3.11. The highest BCUT2D eigenvalue weighted by molar-refractivity contribution is 7.14. The lowest BCUT2D eigenvalue weighted by molar-refractivity contribution is -0.169. The van der Waals surface area contributed by atoms with Gasteiger partial charge in [-0.15, -0.1) is 11.3 Å². The molecule has 0 aliphatic heterocycles. The minimum atomic E-state index is -0.552. The maximum Gasteiger partial charge on any atom is 0.279 e. The zero-order chi connectivity index (χ0) is 18.6. The molecule has 0 radical (unpaired) electrons. The number of aryl methyl sites for hydroxylation is 2. The van der Waals surface area contributed by atoms with Gasteiger partial charge in [0.25, 0.3) is 5.91 Å². The molecular formula is C21H28N2O3S. The zero-order valence-electron chi connectivity index (χ0n) is 15.7. The van der Waals surface area contributed by atoms with Crippen molar-refractivity contribution in [2.24, 2.45) is 17.3 Å². The number of fused-ring (bicyclic) bond motifs is 1. The van der Waals surface area contributed by atoms with Gasteiger partial charge in [0, 0.05) is 11.3 Å². The lowest BCUT2D eigenvalue weighted by Gasteiger charge is -2.60. The number of rotatable bonds is 3. The molecule has 0 saturated heterocycles. The summed E-state index contributed by atoms with van der Waals surface area (Å²) in [6, 6.07) is 1.98. The van der Waals surface area contributed by atoms with E-state index in [-0.39, 0.29) is 17.2 Å². The molecule has 5 aliphatic rings. The van der Waals surface area contributed by atoms with Gasteiger partial charge in [0.15, 0.2) is 0 Å². The van der Waals surface area contributed by atoms with Gasteiger partial charge in [-0.25, -0.2) is 0 Å². The molecule has 0 aromatic carbocycles. The molecule has 1 aromatic rings. The molecule has 4 fully saturated rings. The van der Waals surface area contributed by atoms with E-state index in [1.54, 1.807) is 11.3 Å². The quantitative estimate of drug-likeness (QED) is 0.696. The maximum absolute atomic E-state index is 12.6. The molecular weight excluding hydrogens is 360 g/mol. The highest BCUT2D eigenvalue weighted by Crippen LogP contribution is 2.62. The molecule has 1 aromatic heterocycles. The van der Waals surface area contributed by atoms with Crippen LogP contribution in [0.1, 0.15) is 77.9 Å². The summed E-state index contributed by atoms with van der Waals surface area (Å²) in [5, 5.41) is 10.8. The number of aliphatic hydroxyl groups is 1. The first-order chi connectivity index (χ1) is 12.9. The fourth-order valence-electron chi connectivity index (χ4n) is 6.78. The summed E-state index contributed by atoms with van der Waals surface area (Å²) in [5.74, 6) is 0.786. The Balaban J connectivity index is 1.19. The fourth-order valence-corrected chi connectivity index (χ4v) is 7.93. The molecule has 3 N–H and O–H groups in total. The second-order valence-electron chi connectivity index (χ2n) is 9.63. The number of thiophene rings is 1. The predicted molar refractivity (Wildman–Crippen MR) is 103 cm³/mol. The lowest BCUT2D eigenvalue weighted by Crippen LogP contribution is -2.57. The molecule has 6 rings (SSSR count). The SMILES string of the molecule is O=C(CC12CC3CC(CC(O)(C3)C1)C2)NNC(=O)c1cc2c(s1)CCCC2. The van der Waals surface area contributed by atoms with Crippen molar-refractivity contribution in [3.05, 3.63) is 21.4 Å². The molecule has 1 heterocycles. The Morgan fingerprint density at radius 1 is 1.11 bits per heavy atom. The third kappa shape index (κ3) is 3.31. The molecule has 5 aliphatic carbocycles. The summed E-state index contributed by atoms with van der Waals surface area (Å²) in [6.07, 6.45) is 10.8. The first-order valence-electron chi connectivity index (χ1n) is 10.4. The van der Waals surface area contributed by atoms with E-state index in [0.717, 1.165) is 44.9 Å². The Hall–Kier alpha value is -1.40. The number of carbonyl (C=O) groups is 2. The number of hydrazine groups is 1. The first kappa shape index (κ1) is 17.7. The van der Waals surface area contributed by atoms with Crippen molar-refractivity contribution in [1.82, 2.24) is 10.9 Å². The number of nitrogens with one attached hydrogen (secondary N) is 2. The van der Waals surface area contributed by atoms with Crippen molar-refractivity contribution < 1.29 is 14.7 Å². The Morgan fingerprint density at radius 3 is 2.56 bits per heavy atom. The van der Waals surface area contributed by atoms with Crippen LogP contribution >= 0.6 is 11.3 Å². The third-order valence-corrected chi connectivity index (χ3v) is 8.46. The Morgan fingerprint density at radius 2 is 1.85 bits per heavy atom. The van der Waals surface area contributed by atoms with Crippen molar-refractivity contribution in [3.63, 3.8) is 0 Å². The number of hydrogen-bond acceptors (Lipinski definition) is 4. The minimum absolute atomic E-state index is 0.0737. The minimum Gasteiger partial charge on any atom is -0.390 e. The molecule has 6 heteroatoms. The molecule has 27 heavy (non-hydrogen) atoms. The highest BCUT2D eigenvalue weighted by Gasteiger charge is 2.57. The summed E-state index contributed by atoms with van der Waals surface area (Å²) in [4.78, 5) is 27.0. The zero-order valence-corrected chi connectivity index (χ0v) is 16.5. The van der Waals surface area contributed by atoms with E-state index >= 15 is 0 Å². The average Bonchev–Trinajstić information content (AvgIpc) is 3.01. The normalized spacial score (nSPS) is 36.3. The summed E-state index contributed by atoms with van der Waals surface area (Å²) in [5.41, 5.74) is 5.91. The smallest absolute Gasteiger partial charge is 0.279 e. The molecule has 4 bridgehead atoms. The van der Waals surface area contributed by atoms with Crippen molar-refractivity contribution in [3.8, 4) is 0 Å². The topological polar surface area (TPSA) is 78.4 Å². The van der Waals surface area contributed by atoms with Crippen LogP contribution in [0.2, 0.25) is 0 Å². The summed E-state index contributed by atoms with van der Waals surface area (Å²) in [6.45, 7) is 0. The van der Waals surface area contributed by atoms with Gasteiger partial charge in [0.05, 0.1) is 10.5 Å². The van der Waals surface area contributed by atoms with Crippen LogP contribution in [0, 0.1) is 17.3 Å². The van der Waals surface area contributed by atoms with Gasteiger partial charge in [-0.1, -0.05) is 0 Å². The van der Waals surface area contributed by atoms with Gasteiger partial charge in [-0.2, -0.15) is 0 Å². The monoisotopic (exact) mass is 388 g/mol. The Kier molecular flexibility index (Phi) is 4.13. The first-order valence-corrected chi connectivity index (χ1v) is 11.2. The molecule has 2 amide bonds. The van der Waals surface area contributed by atoms with E-state index in [1.165, 1.54) is 29.7 Å². The van der Waals surface area contributed by atoms with Crippen LogP contribution in [0.25, 0.3) is 0 Å². The van der Waals surface area contributed by atoms with E-state index in [1.807, 2.05) is 6.07 Å². The van der Waals surface area contributed by atoms with Crippen molar-refractivity contribution >= 4 is 23.2 Å². The number of hydrogen-bond donors (Lipinski definition) is 3. The van der Waals surface area contributed by atoms with Crippen LogP contribution in [0.5, 0.6) is 0 Å². The lowest BCUT2D eigenvalue weighted by atomic mass is 9.47. The molecule has 146 valence electrons. The van der Waals surface area contributed by atoms with Crippen molar-refractivity contribution in [2.75, 3.05) is 0 Å². The van der Waals surface area contributed by atoms with E-state index in [9.17, 15) is 14.7 Å². The van der Waals surface area contributed by atoms with Gasteiger partial charge in [0.2, 0.25) is 5.91 Å².